The van der Waals surface area contributed by atoms with E-state index in [1.165, 1.54) is 26.5 Å². The van der Waals surface area contributed by atoms with Crippen LogP contribution in [-0.4, -0.2) is 32.2 Å². The first-order valence-electron chi connectivity index (χ1n) is 7.71. The number of halogens is 2. The Hall–Kier alpha value is -2.77. The van der Waals surface area contributed by atoms with Crippen LogP contribution in [0, 0.1) is 0 Å². The number of nitrogens with one attached hydrogen (secondary N) is 2. The molecule has 0 aliphatic rings. The molecule has 9 heteroatoms. The van der Waals surface area contributed by atoms with Gasteiger partial charge >= 0.3 is 0 Å². The van der Waals surface area contributed by atoms with Gasteiger partial charge in [0.2, 0.25) is 11.8 Å². The average Bonchev–Trinajstić information content (AvgIpc) is 2.64. The van der Waals surface area contributed by atoms with Gasteiger partial charge in [-0.15, -0.1) is 0 Å². The fourth-order valence-electron chi connectivity index (χ4n) is 2.08. The Morgan fingerprint density at radius 2 is 1.81 bits per heavy atom. The third kappa shape index (κ3) is 6.16. The quantitative estimate of drug-likeness (QED) is 0.416. The summed E-state index contributed by atoms with van der Waals surface area (Å²) in [5.74, 6) is 0.0847. The van der Waals surface area contributed by atoms with E-state index in [4.69, 9.17) is 32.7 Å². The minimum Gasteiger partial charge on any atom is -0.497 e. The minimum absolute atomic E-state index is 0.302. The van der Waals surface area contributed by atoms with Crippen molar-refractivity contribution >= 4 is 46.9 Å². The standard InChI is InChI=1S/C18H17Cl2N3O4/c1-26-13-4-6-16(27-2)11(7-13)10-21-23-18(25)9-17(24)22-12-3-5-14(19)15(20)8-12/h3-8,10H,9H2,1-2H3,(H,22,24)(H,23,25)/b21-10+. The zero-order valence-electron chi connectivity index (χ0n) is 14.6. The molecule has 0 fully saturated rings. The lowest BCUT2D eigenvalue weighted by Gasteiger charge is -2.07. The molecule has 0 aromatic heterocycles. The van der Waals surface area contributed by atoms with Crippen molar-refractivity contribution in [2.24, 2.45) is 5.10 Å². The van der Waals surface area contributed by atoms with Crippen LogP contribution in [0.2, 0.25) is 10.0 Å². The highest BCUT2D eigenvalue weighted by Gasteiger charge is 2.10. The lowest BCUT2D eigenvalue weighted by molar-refractivity contribution is -0.126. The Morgan fingerprint density at radius 3 is 2.48 bits per heavy atom. The summed E-state index contributed by atoms with van der Waals surface area (Å²) in [5, 5.41) is 7.06. The first-order valence-corrected chi connectivity index (χ1v) is 8.47. The number of rotatable bonds is 7. The summed E-state index contributed by atoms with van der Waals surface area (Å²) in [5.41, 5.74) is 3.33. The van der Waals surface area contributed by atoms with E-state index in [0.29, 0.717) is 32.8 Å². The third-order valence-electron chi connectivity index (χ3n) is 3.35. The fraction of sp³-hybridized carbons (Fsp3) is 0.167. The molecule has 2 N–H and O–H groups in total. The Kier molecular flexibility index (Phi) is 7.45. The molecule has 0 radical (unpaired) electrons. The molecule has 2 amide bonds. The van der Waals surface area contributed by atoms with Gasteiger partial charge in [-0.2, -0.15) is 5.10 Å². The Bertz CT molecular complexity index is 872. The average molecular weight is 410 g/mol. The Labute approximate surface area is 166 Å². The summed E-state index contributed by atoms with van der Waals surface area (Å²) in [6.07, 6.45) is 0.989. The lowest BCUT2D eigenvalue weighted by Crippen LogP contribution is -2.24. The van der Waals surface area contributed by atoms with Crippen molar-refractivity contribution in [1.29, 1.82) is 0 Å². The number of hydrogen-bond acceptors (Lipinski definition) is 5. The number of anilines is 1. The topological polar surface area (TPSA) is 89.0 Å². The summed E-state index contributed by atoms with van der Waals surface area (Å²) < 4.78 is 10.3. The van der Waals surface area contributed by atoms with Crippen molar-refractivity contribution in [2.45, 2.75) is 6.42 Å². The van der Waals surface area contributed by atoms with Crippen molar-refractivity contribution in [2.75, 3.05) is 19.5 Å². The molecule has 142 valence electrons. The maximum atomic E-state index is 11.9. The molecule has 0 spiro atoms. The number of carbonyl (C=O) groups excluding carboxylic acids is 2. The lowest BCUT2D eigenvalue weighted by atomic mass is 10.2. The molecule has 2 aromatic rings. The molecule has 27 heavy (non-hydrogen) atoms. The van der Waals surface area contributed by atoms with Gasteiger partial charge in [0.15, 0.2) is 0 Å². The number of carbonyl (C=O) groups is 2. The molecular weight excluding hydrogens is 393 g/mol. The molecule has 0 saturated heterocycles. The van der Waals surface area contributed by atoms with Crippen molar-refractivity contribution in [3.8, 4) is 11.5 Å². The van der Waals surface area contributed by atoms with Crippen LogP contribution in [0.3, 0.4) is 0 Å². The summed E-state index contributed by atoms with van der Waals surface area (Å²) in [7, 11) is 3.06. The molecule has 0 atom stereocenters. The SMILES string of the molecule is COc1ccc(OC)c(/C=N/NC(=O)CC(=O)Nc2ccc(Cl)c(Cl)c2)c1. The fourth-order valence-corrected chi connectivity index (χ4v) is 2.38. The number of methoxy groups -OCH3 is 2. The van der Waals surface area contributed by atoms with Crippen molar-refractivity contribution in [1.82, 2.24) is 5.43 Å². The maximum Gasteiger partial charge on any atom is 0.249 e. The van der Waals surface area contributed by atoms with E-state index >= 15 is 0 Å². The number of nitrogens with zero attached hydrogens (tertiary/aromatic N) is 1. The molecule has 0 saturated carbocycles. The normalized spacial score (nSPS) is 10.5. The minimum atomic E-state index is -0.578. The monoisotopic (exact) mass is 409 g/mol. The second-order valence-electron chi connectivity index (χ2n) is 5.25. The van der Waals surface area contributed by atoms with Crippen LogP contribution in [0.1, 0.15) is 12.0 Å². The van der Waals surface area contributed by atoms with E-state index in [1.54, 1.807) is 30.3 Å². The second kappa shape index (κ2) is 9.80. The van der Waals surface area contributed by atoms with Crippen LogP contribution in [0.25, 0.3) is 0 Å². The zero-order chi connectivity index (χ0) is 19.8. The summed E-state index contributed by atoms with van der Waals surface area (Å²) in [4.78, 5) is 23.7. The van der Waals surface area contributed by atoms with Crippen LogP contribution >= 0.6 is 23.2 Å². The van der Waals surface area contributed by atoms with Gasteiger partial charge in [-0.25, -0.2) is 5.43 Å². The van der Waals surface area contributed by atoms with Crippen LogP contribution < -0.4 is 20.2 Å². The van der Waals surface area contributed by atoms with E-state index in [9.17, 15) is 9.59 Å². The van der Waals surface area contributed by atoms with Gasteiger partial charge in [-0.1, -0.05) is 23.2 Å². The van der Waals surface area contributed by atoms with Crippen LogP contribution in [-0.2, 0) is 9.59 Å². The number of hydrogen-bond donors (Lipinski definition) is 2. The van der Waals surface area contributed by atoms with E-state index in [-0.39, 0.29) is 0 Å². The predicted octanol–water partition coefficient (Wildman–Crippen LogP) is 3.49. The smallest absolute Gasteiger partial charge is 0.249 e. The molecule has 2 rings (SSSR count). The van der Waals surface area contributed by atoms with Gasteiger partial charge in [-0.05, 0) is 36.4 Å². The number of benzene rings is 2. The largest absolute Gasteiger partial charge is 0.497 e. The van der Waals surface area contributed by atoms with Crippen molar-refractivity contribution in [3.05, 3.63) is 52.0 Å². The maximum absolute atomic E-state index is 11.9. The van der Waals surface area contributed by atoms with Gasteiger partial charge in [0, 0.05) is 11.3 Å². The third-order valence-corrected chi connectivity index (χ3v) is 4.09. The number of amides is 2. The molecule has 0 aliphatic carbocycles. The van der Waals surface area contributed by atoms with Crippen LogP contribution in [0.5, 0.6) is 11.5 Å². The van der Waals surface area contributed by atoms with Gasteiger partial charge < -0.3 is 14.8 Å². The Balaban J connectivity index is 1.91. The molecule has 0 aliphatic heterocycles. The zero-order valence-corrected chi connectivity index (χ0v) is 16.1. The first-order chi connectivity index (χ1) is 12.9. The first kappa shape index (κ1) is 20.5. The van der Waals surface area contributed by atoms with Crippen LogP contribution in [0.15, 0.2) is 41.5 Å². The predicted molar refractivity (Wildman–Crippen MR) is 105 cm³/mol. The highest BCUT2D eigenvalue weighted by molar-refractivity contribution is 6.42. The molecule has 0 heterocycles. The van der Waals surface area contributed by atoms with Gasteiger partial charge in [0.05, 0.1) is 30.5 Å². The molecule has 0 bridgehead atoms. The van der Waals surface area contributed by atoms with E-state index in [2.05, 4.69) is 15.8 Å². The molecule has 0 unspecified atom stereocenters. The van der Waals surface area contributed by atoms with Gasteiger partial charge in [0.1, 0.15) is 17.9 Å². The molecule has 2 aromatic carbocycles. The highest BCUT2D eigenvalue weighted by atomic mass is 35.5. The summed E-state index contributed by atoms with van der Waals surface area (Å²) in [6.45, 7) is 0. The molecular formula is C18H17Cl2N3O4. The summed E-state index contributed by atoms with van der Waals surface area (Å²) >= 11 is 11.7. The van der Waals surface area contributed by atoms with Crippen molar-refractivity contribution < 1.29 is 19.1 Å². The van der Waals surface area contributed by atoms with E-state index in [0.717, 1.165) is 0 Å². The highest BCUT2D eigenvalue weighted by Crippen LogP contribution is 2.25. The van der Waals surface area contributed by atoms with E-state index < -0.39 is 18.2 Å². The van der Waals surface area contributed by atoms with Gasteiger partial charge in [-0.3, -0.25) is 9.59 Å². The van der Waals surface area contributed by atoms with Crippen molar-refractivity contribution in [3.63, 3.8) is 0 Å². The summed E-state index contributed by atoms with van der Waals surface area (Å²) in [6, 6.07) is 9.77. The number of ether oxygens (including phenoxy) is 2. The molecule has 7 nitrogen and oxygen atoms in total. The number of hydrazone groups is 1. The Morgan fingerprint density at radius 1 is 1.04 bits per heavy atom. The van der Waals surface area contributed by atoms with Crippen LogP contribution in [0.4, 0.5) is 5.69 Å². The van der Waals surface area contributed by atoms with E-state index in [1.807, 2.05) is 0 Å². The van der Waals surface area contributed by atoms with Gasteiger partial charge in [0.25, 0.3) is 0 Å². The second-order valence-corrected chi connectivity index (χ2v) is 6.07.